The third-order valence-electron chi connectivity index (χ3n) is 5.63. The van der Waals surface area contributed by atoms with Crippen molar-refractivity contribution in [2.75, 3.05) is 26.2 Å². The largest absolute Gasteiger partial charge is 0.586 e. The first-order chi connectivity index (χ1) is 14.8. The predicted octanol–water partition coefficient (Wildman–Crippen LogP) is 2.24. The zero-order valence-electron chi connectivity index (χ0n) is 16.7. The summed E-state index contributed by atoms with van der Waals surface area (Å²) in [5.41, 5.74) is -0.00381. The van der Waals surface area contributed by atoms with Crippen LogP contribution in [-0.2, 0) is 0 Å². The number of alkyl halides is 2. The Kier molecular flexibility index (Phi) is 4.54. The molecule has 2 aliphatic heterocycles. The predicted molar refractivity (Wildman–Crippen MR) is 108 cm³/mol. The molecule has 1 saturated heterocycles. The number of carbonyl (C=O) groups is 1. The Balaban J connectivity index is 1.47. The molecule has 1 aromatic carbocycles. The molecule has 2 aliphatic rings. The summed E-state index contributed by atoms with van der Waals surface area (Å²) < 4.78 is 36.9. The SMILES string of the molecule is CC1CCN(CCNC(=O)c2cccn3c(=O)c4cc5c(cc4nc23)OC(F)(F)O5)C1. The average molecular weight is 430 g/mol. The molecule has 1 N–H and O–H groups in total. The molecular weight excluding hydrogens is 410 g/mol. The number of nitrogens with one attached hydrogen (secondary N) is 1. The van der Waals surface area contributed by atoms with Crippen molar-refractivity contribution >= 4 is 22.5 Å². The lowest BCUT2D eigenvalue weighted by molar-refractivity contribution is -0.286. The highest BCUT2D eigenvalue weighted by atomic mass is 19.3. The Morgan fingerprint density at radius 1 is 1.32 bits per heavy atom. The van der Waals surface area contributed by atoms with Crippen LogP contribution in [0.25, 0.3) is 16.6 Å². The van der Waals surface area contributed by atoms with Crippen molar-refractivity contribution in [2.24, 2.45) is 5.92 Å². The van der Waals surface area contributed by atoms with Gasteiger partial charge in [-0.3, -0.25) is 14.0 Å². The lowest BCUT2D eigenvalue weighted by Gasteiger charge is -2.15. The van der Waals surface area contributed by atoms with Gasteiger partial charge in [0.25, 0.3) is 11.5 Å². The van der Waals surface area contributed by atoms with Crippen LogP contribution in [0.5, 0.6) is 11.5 Å². The minimum atomic E-state index is -3.80. The van der Waals surface area contributed by atoms with Gasteiger partial charge in [0.15, 0.2) is 17.1 Å². The van der Waals surface area contributed by atoms with Crippen LogP contribution in [0, 0.1) is 5.92 Å². The van der Waals surface area contributed by atoms with Gasteiger partial charge in [-0.05, 0) is 37.1 Å². The smallest absolute Gasteiger partial charge is 0.395 e. The summed E-state index contributed by atoms with van der Waals surface area (Å²) in [5, 5.41) is 2.95. The quantitative estimate of drug-likeness (QED) is 0.639. The maximum atomic E-state index is 13.4. The Labute approximate surface area is 175 Å². The second-order valence-electron chi connectivity index (χ2n) is 7.97. The zero-order valence-corrected chi connectivity index (χ0v) is 16.7. The summed E-state index contributed by atoms with van der Waals surface area (Å²) in [4.78, 5) is 32.4. The van der Waals surface area contributed by atoms with Crippen LogP contribution in [0.1, 0.15) is 23.7 Å². The molecule has 10 heteroatoms. The number of likely N-dealkylation sites (tertiary alicyclic amines) is 1. The van der Waals surface area contributed by atoms with E-state index in [4.69, 9.17) is 0 Å². The van der Waals surface area contributed by atoms with Crippen LogP contribution < -0.4 is 20.3 Å². The highest BCUT2D eigenvalue weighted by Crippen LogP contribution is 2.42. The van der Waals surface area contributed by atoms with E-state index in [1.165, 1.54) is 22.7 Å². The maximum Gasteiger partial charge on any atom is 0.586 e. The molecular formula is C21H20F2N4O4. The van der Waals surface area contributed by atoms with Gasteiger partial charge < -0.3 is 19.7 Å². The minimum Gasteiger partial charge on any atom is -0.395 e. The van der Waals surface area contributed by atoms with Crippen molar-refractivity contribution in [3.8, 4) is 11.5 Å². The first-order valence-electron chi connectivity index (χ1n) is 10.1. The molecule has 0 spiro atoms. The lowest BCUT2D eigenvalue weighted by atomic mass is 10.2. The summed E-state index contributed by atoms with van der Waals surface area (Å²) >= 11 is 0. The number of halogens is 2. The third kappa shape index (κ3) is 3.56. The van der Waals surface area contributed by atoms with Gasteiger partial charge in [0.1, 0.15) is 0 Å². The van der Waals surface area contributed by atoms with Crippen LogP contribution >= 0.6 is 0 Å². The van der Waals surface area contributed by atoms with Gasteiger partial charge >= 0.3 is 6.29 Å². The first-order valence-corrected chi connectivity index (χ1v) is 10.1. The van der Waals surface area contributed by atoms with Gasteiger partial charge in [0, 0.05) is 31.9 Å². The molecule has 1 fully saturated rings. The van der Waals surface area contributed by atoms with Crippen LogP contribution in [0.15, 0.2) is 35.3 Å². The minimum absolute atomic E-state index is 0.0817. The number of fused-ring (bicyclic) bond motifs is 3. The number of benzene rings is 1. The number of hydrogen-bond donors (Lipinski definition) is 1. The van der Waals surface area contributed by atoms with Crippen molar-refractivity contribution in [2.45, 2.75) is 19.6 Å². The molecule has 5 rings (SSSR count). The number of carbonyl (C=O) groups excluding carboxylic acids is 1. The van der Waals surface area contributed by atoms with Crippen molar-refractivity contribution < 1.29 is 23.0 Å². The lowest BCUT2D eigenvalue weighted by Crippen LogP contribution is -2.34. The monoisotopic (exact) mass is 430 g/mol. The molecule has 0 bridgehead atoms. The van der Waals surface area contributed by atoms with E-state index in [-0.39, 0.29) is 39.5 Å². The number of rotatable bonds is 4. The van der Waals surface area contributed by atoms with Crippen LogP contribution in [0.3, 0.4) is 0 Å². The van der Waals surface area contributed by atoms with E-state index in [0.717, 1.165) is 26.1 Å². The standard InChI is InChI=1S/C21H20F2N4O4/c1-12-4-7-26(11-12)8-5-24-19(28)13-3-2-6-27-18(13)25-15-10-17-16(9-14(15)20(27)29)30-21(22,23)31-17/h2-3,6,9-10,12H,4-5,7-8,11H2,1H3,(H,24,28). The normalized spacial score (nSPS) is 19.9. The first kappa shape index (κ1) is 19.7. The highest BCUT2D eigenvalue weighted by molar-refractivity contribution is 6.00. The molecule has 1 unspecified atom stereocenters. The molecule has 0 radical (unpaired) electrons. The molecule has 0 aliphatic carbocycles. The second kappa shape index (κ2) is 7.16. The maximum absolute atomic E-state index is 13.4. The Hall–Kier alpha value is -3.27. The summed E-state index contributed by atoms with van der Waals surface area (Å²) in [6.45, 7) is 5.45. The molecule has 162 valence electrons. The topological polar surface area (TPSA) is 85.2 Å². The Morgan fingerprint density at radius 2 is 2.10 bits per heavy atom. The second-order valence-corrected chi connectivity index (χ2v) is 7.97. The van der Waals surface area contributed by atoms with E-state index in [1.54, 1.807) is 12.1 Å². The van der Waals surface area contributed by atoms with Gasteiger partial charge in [0.05, 0.1) is 16.5 Å². The van der Waals surface area contributed by atoms with Crippen molar-refractivity contribution in [1.29, 1.82) is 0 Å². The summed E-state index contributed by atoms with van der Waals surface area (Å²) in [5.74, 6) is -0.144. The number of amides is 1. The van der Waals surface area contributed by atoms with Gasteiger partial charge in [-0.1, -0.05) is 6.92 Å². The molecule has 3 aromatic rings. The van der Waals surface area contributed by atoms with Gasteiger partial charge in [-0.15, -0.1) is 8.78 Å². The van der Waals surface area contributed by atoms with Gasteiger partial charge in [-0.25, -0.2) is 4.98 Å². The molecule has 1 amide bonds. The van der Waals surface area contributed by atoms with E-state index in [2.05, 4.69) is 31.6 Å². The summed E-state index contributed by atoms with van der Waals surface area (Å²) in [7, 11) is 0. The summed E-state index contributed by atoms with van der Waals surface area (Å²) in [6, 6.07) is 5.54. The van der Waals surface area contributed by atoms with Crippen molar-refractivity contribution in [3.05, 3.63) is 46.4 Å². The molecule has 31 heavy (non-hydrogen) atoms. The Bertz CT molecular complexity index is 1260. The number of aromatic nitrogens is 2. The number of ether oxygens (including phenoxy) is 2. The highest BCUT2D eigenvalue weighted by Gasteiger charge is 2.43. The van der Waals surface area contributed by atoms with Crippen LogP contribution in [0.4, 0.5) is 8.78 Å². The molecule has 4 heterocycles. The third-order valence-corrected chi connectivity index (χ3v) is 5.63. The van der Waals surface area contributed by atoms with E-state index in [0.29, 0.717) is 12.5 Å². The van der Waals surface area contributed by atoms with Crippen molar-refractivity contribution in [1.82, 2.24) is 19.6 Å². The van der Waals surface area contributed by atoms with E-state index >= 15 is 0 Å². The van der Waals surface area contributed by atoms with Crippen LogP contribution in [-0.4, -0.2) is 52.7 Å². The van der Waals surface area contributed by atoms with E-state index < -0.39 is 11.9 Å². The number of hydrogen-bond acceptors (Lipinski definition) is 6. The number of pyridine rings is 1. The molecule has 8 nitrogen and oxygen atoms in total. The van der Waals surface area contributed by atoms with E-state index in [9.17, 15) is 18.4 Å². The van der Waals surface area contributed by atoms with E-state index in [1.807, 2.05) is 0 Å². The fourth-order valence-electron chi connectivity index (χ4n) is 4.10. The summed E-state index contributed by atoms with van der Waals surface area (Å²) in [6.07, 6.45) is -1.17. The Morgan fingerprint density at radius 3 is 2.84 bits per heavy atom. The molecule has 1 atom stereocenters. The van der Waals surface area contributed by atoms with Gasteiger partial charge in [-0.2, -0.15) is 0 Å². The fourth-order valence-corrected chi connectivity index (χ4v) is 4.10. The van der Waals surface area contributed by atoms with Crippen molar-refractivity contribution in [3.63, 3.8) is 0 Å². The molecule has 2 aromatic heterocycles. The molecule has 0 saturated carbocycles. The van der Waals surface area contributed by atoms with Crippen LogP contribution in [0.2, 0.25) is 0 Å². The number of nitrogens with zero attached hydrogens (tertiary/aromatic N) is 3. The fraction of sp³-hybridized carbons (Fsp3) is 0.381. The average Bonchev–Trinajstić information content (AvgIpc) is 3.26. The van der Waals surface area contributed by atoms with Gasteiger partial charge in [0.2, 0.25) is 0 Å². The zero-order chi connectivity index (χ0) is 21.8.